The van der Waals surface area contributed by atoms with Crippen LogP contribution in [0.5, 0.6) is 0 Å². The second kappa shape index (κ2) is 9.27. The molecule has 0 spiro atoms. The van der Waals surface area contributed by atoms with Gasteiger partial charge >= 0.3 is 12.4 Å². The van der Waals surface area contributed by atoms with Gasteiger partial charge in [0, 0.05) is 23.4 Å². The van der Waals surface area contributed by atoms with Gasteiger partial charge in [-0.3, -0.25) is 4.79 Å². The van der Waals surface area contributed by atoms with Crippen molar-refractivity contribution in [1.29, 1.82) is 4.78 Å². The number of nitrogens with zero attached hydrogens (tertiary/aromatic N) is 1. The van der Waals surface area contributed by atoms with Crippen LogP contribution in [-0.4, -0.2) is 48.3 Å². The second-order valence-electron chi connectivity index (χ2n) is 7.52. The predicted molar refractivity (Wildman–Crippen MR) is 114 cm³/mol. The Balaban J connectivity index is 2.04. The molecule has 2 N–H and O–H groups in total. The van der Waals surface area contributed by atoms with Gasteiger partial charge < -0.3 is 15.0 Å². The van der Waals surface area contributed by atoms with Crippen LogP contribution in [-0.2, 0) is 20.6 Å². The fourth-order valence-corrected chi connectivity index (χ4v) is 4.26. The smallest absolute Gasteiger partial charge is 0.366 e. The van der Waals surface area contributed by atoms with Crippen LogP contribution in [0.3, 0.4) is 0 Å². The Labute approximate surface area is 195 Å². The first-order chi connectivity index (χ1) is 15.6. The number of hydrogen-bond acceptors (Lipinski definition) is 5. The minimum absolute atomic E-state index is 0.0847. The predicted octanol–water partition coefficient (Wildman–Crippen LogP) is 5.41. The van der Waals surface area contributed by atoms with Crippen LogP contribution in [0, 0.1) is 4.78 Å². The molecule has 1 heterocycles. The number of hydrogen-bond donors (Lipinski definition) is 2. The number of amides is 1. The van der Waals surface area contributed by atoms with Gasteiger partial charge in [0.05, 0.1) is 44.7 Å². The zero-order valence-corrected chi connectivity index (χ0v) is 19.0. The van der Waals surface area contributed by atoms with Gasteiger partial charge in [-0.25, -0.2) is 8.99 Å². The van der Waals surface area contributed by atoms with E-state index in [1.165, 1.54) is 24.3 Å². The van der Waals surface area contributed by atoms with Crippen LogP contribution < -0.4 is 10.2 Å². The first-order valence-corrected chi connectivity index (χ1v) is 11.9. The second-order valence-corrected chi connectivity index (χ2v) is 10.1. The van der Waals surface area contributed by atoms with Crippen LogP contribution in [0.25, 0.3) is 0 Å². The number of rotatable bonds is 4. The summed E-state index contributed by atoms with van der Waals surface area (Å²) in [4.78, 5) is 14.1. The number of nitrogens with one attached hydrogen (secondary N) is 2. The molecule has 0 radical (unpaired) electrons. The quantitative estimate of drug-likeness (QED) is 0.519. The molecular weight excluding hydrogens is 512 g/mol. The zero-order chi connectivity index (χ0) is 25.5. The lowest BCUT2D eigenvalue weighted by Crippen LogP contribution is -2.49. The van der Waals surface area contributed by atoms with Gasteiger partial charge in [0.15, 0.2) is 6.10 Å². The standard InChI is InChI=1S/C20H18ClF6N3O3S/c1-34(28,32)12-4-2-3-11(7-12)29-18(31)13-8-15(21)14(19(22,23)24)9-16(13)30-5-6-33-17(10-30)20(25,26)27/h2-4,7-9,17,28H,5-6,10H2,1H3,(H,29,31). The maximum Gasteiger partial charge on any atom is 0.417 e. The minimum atomic E-state index is -4.92. The zero-order valence-electron chi connectivity index (χ0n) is 17.4. The molecule has 2 atom stereocenters. The van der Waals surface area contributed by atoms with E-state index in [-0.39, 0.29) is 17.1 Å². The van der Waals surface area contributed by atoms with Gasteiger partial charge in [-0.2, -0.15) is 26.3 Å². The fourth-order valence-electron chi connectivity index (χ4n) is 3.30. The molecule has 14 heteroatoms. The molecular formula is C20H18ClF6N3O3S. The van der Waals surface area contributed by atoms with E-state index in [4.69, 9.17) is 21.1 Å². The maximum atomic E-state index is 13.4. The summed E-state index contributed by atoms with van der Waals surface area (Å²) in [7, 11) is -3.13. The third kappa shape index (κ3) is 5.94. The molecule has 1 fully saturated rings. The highest BCUT2D eigenvalue weighted by atomic mass is 35.5. The van der Waals surface area contributed by atoms with Gasteiger partial charge in [-0.15, -0.1) is 0 Å². The molecule has 1 amide bonds. The molecule has 2 unspecified atom stereocenters. The summed E-state index contributed by atoms with van der Waals surface area (Å²) in [6, 6.07) is 6.74. The normalized spacial score (nSPS) is 18.9. The highest BCUT2D eigenvalue weighted by Gasteiger charge is 2.44. The third-order valence-electron chi connectivity index (χ3n) is 4.95. The highest BCUT2D eigenvalue weighted by molar-refractivity contribution is 7.91. The van der Waals surface area contributed by atoms with Crippen LogP contribution in [0.15, 0.2) is 41.3 Å². The summed E-state index contributed by atoms with van der Waals surface area (Å²) < 4.78 is 104. The lowest BCUT2D eigenvalue weighted by Gasteiger charge is -2.36. The number of morpholine rings is 1. The van der Waals surface area contributed by atoms with Crippen LogP contribution in [0.2, 0.25) is 5.02 Å². The number of carbonyl (C=O) groups is 1. The molecule has 34 heavy (non-hydrogen) atoms. The SMILES string of the molecule is CS(=N)(=O)c1cccc(NC(=O)c2cc(Cl)c(C(F)(F)F)cc2N2CCOC(C(F)(F)F)C2)c1. The molecule has 1 saturated heterocycles. The van der Waals surface area contributed by atoms with Crippen molar-refractivity contribution in [3.8, 4) is 0 Å². The van der Waals surface area contributed by atoms with E-state index in [0.29, 0.717) is 6.07 Å². The fraction of sp³-hybridized carbons (Fsp3) is 0.350. The van der Waals surface area contributed by atoms with Crippen LogP contribution >= 0.6 is 11.6 Å². The number of alkyl halides is 6. The van der Waals surface area contributed by atoms with E-state index in [1.807, 2.05) is 0 Å². The highest BCUT2D eigenvalue weighted by Crippen LogP contribution is 2.40. The number of benzene rings is 2. The van der Waals surface area contributed by atoms with E-state index < -0.39 is 69.1 Å². The van der Waals surface area contributed by atoms with Crippen molar-refractivity contribution in [2.24, 2.45) is 0 Å². The Bertz CT molecular complexity index is 1200. The Morgan fingerprint density at radius 1 is 1.21 bits per heavy atom. The summed E-state index contributed by atoms with van der Waals surface area (Å²) >= 11 is 5.77. The van der Waals surface area contributed by atoms with E-state index >= 15 is 0 Å². The first-order valence-electron chi connectivity index (χ1n) is 9.56. The average molecular weight is 530 g/mol. The van der Waals surface area contributed by atoms with Crippen molar-refractivity contribution in [2.75, 3.05) is 36.2 Å². The minimum Gasteiger partial charge on any atom is -0.366 e. The van der Waals surface area contributed by atoms with Gasteiger partial charge in [0.25, 0.3) is 5.91 Å². The lowest BCUT2D eigenvalue weighted by molar-refractivity contribution is -0.221. The van der Waals surface area contributed by atoms with Crippen molar-refractivity contribution in [3.63, 3.8) is 0 Å². The third-order valence-corrected chi connectivity index (χ3v) is 6.42. The van der Waals surface area contributed by atoms with Crippen LogP contribution in [0.1, 0.15) is 15.9 Å². The van der Waals surface area contributed by atoms with Crippen molar-refractivity contribution in [3.05, 3.63) is 52.5 Å². The number of carbonyl (C=O) groups excluding carboxylic acids is 1. The summed E-state index contributed by atoms with van der Waals surface area (Å²) in [5, 5.41) is 1.60. The Hall–Kier alpha value is -2.51. The lowest BCUT2D eigenvalue weighted by atomic mass is 10.0. The molecule has 1 aliphatic heterocycles. The summed E-state index contributed by atoms with van der Waals surface area (Å²) in [6.07, 6.45) is -10.8. The molecule has 1 aliphatic rings. The summed E-state index contributed by atoms with van der Waals surface area (Å²) in [5.74, 6) is -0.953. The van der Waals surface area contributed by atoms with Gasteiger partial charge in [0.2, 0.25) is 0 Å². The Morgan fingerprint density at radius 2 is 1.88 bits per heavy atom. The van der Waals surface area contributed by atoms with Crippen molar-refractivity contribution in [2.45, 2.75) is 23.4 Å². The van der Waals surface area contributed by atoms with E-state index in [2.05, 4.69) is 5.32 Å². The molecule has 0 saturated carbocycles. The molecule has 3 rings (SSSR count). The molecule has 0 bridgehead atoms. The van der Waals surface area contributed by atoms with Gasteiger partial charge in [-0.1, -0.05) is 17.7 Å². The average Bonchev–Trinajstić information content (AvgIpc) is 2.71. The molecule has 2 aromatic carbocycles. The van der Waals surface area contributed by atoms with E-state index in [0.717, 1.165) is 17.2 Å². The van der Waals surface area contributed by atoms with E-state index in [9.17, 15) is 35.3 Å². The number of ether oxygens (including phenoxy) is 1. The first kappa shape index (κ1) is 26.1. The number of halogens is 7. The molecule has 2 aromatic rings. The molecule has 6 nitrogen and oxygen atoms in total. The summed E-state index contributed by atoms with van der Waals surface area (Å²) in [5.41, 5.74) is -2.02. The van der Waals surface area contributed by atoms with E-state index in [1.54, 1.807) is 0 Å². The van der Waals surface area contributed by atoms with Crippen molar-refractivity contribution < 1.29 is 40.1 Å². The maximum absolute atomic E-state index is 13.4. The molecule has 0 aromatic heterocycles. The molecule has 0 aliphatic carbocycles. The summed E-state index contributed by atoms with van der Waals surface area (Å²) in [6.45, 7) is -1.45. The van der Waals surface area contributed by atoms with Gasteiger partial charge in [0.1, 0.15) is 0 Å². The molecule has 186 valence electrons. The topological polar surface area (TPSA) is 82.5 Å². The van der Waals surface area contributed by atoms with Crippen LogP contribution in [0.4, 0.5) is 37.7 Å². The van der Waals surface area contributed by atoms with Crippen molar-refractivity contribution >= 4 is 38.6 Å². The van der Waals surface area contributed by atoms with Gasteiger partial charge in [-0.05, 0) is 30.3 Å². The number of anilines is 2. The monoisotopic (exact) mass is 529 g/mol. The Morgan fingerprint density at radius 3 is 2.47 bits per heavy atom. The largest absolute Gasteiger partial charge is 0.417 e. The Kier molecular flexibility index (Phi) is 7.11. The van der Waals surface area contributed by atoms with Crippen molar-refractivity contribution in [1.82, 2.24) is 0 Å².